The second kappa shape index (κ2) is 6.22. The Morgan fingerprint density at radius 2 is 1.95 bits per heavy atom. The van der Waals surface area contributed by atoms with Crippen molar-refractivity contribution < 1.29 is 17.5 Å². The molecule has 0 spiro atoms. The molecule has 19 heavy (non-hydrogen) atoms. The van der Waals surface area contributed by atoms with Gasteiger partial charge in [0, 0.05) is 10.9 Å². The highest BCUT2D eigenvalue weighted by atomic mass is 79.9. The second-order valence-electron chi connectivity index (χ2n) is 5.14. The minimum absolute atomic E-state index is 0.0550. The van der Waals surface area contributed by atoms with E-state index in [1.165, 1.54) is 6.07 Å². The SMILES string of the molecule is CC(C)(C)S(=O)(=O)CCOc1c(F)cccc1CBr. The van der Waals surface area contributed by atoms with Gasteiger partial charge in [-0.2, -0.15) is 0 Å². The lowest BCUT2D eigenvalue weighted by atomic mass is 10.2. The fourth-order valence-electron chi connectivity index (χ4n) is 1.38. The Morgan fingerprint density at radius 3 is 2.47 bits per heavy atom. The lowest BCUT2D eigenvalue weighted by Gasteiger charge is -2.19. The fourth-order valence-corrected chi connectivity index (χ4v) is 2.74. The summed E-state index contributed by atoms with van der Waals surface area (Å²) in [5, 5.41) is 0.451. The van der Waals surface area contributed by atoms with Crippen LogP contribution >= 0.6 is 15.9 Å². The maximum atomic E-state index is 13.6. The van der Waals surface area contributed by atoms with Crippen LogP contribution in [-0.2, 0) is 15.2 Å². The number of hydrogen-bond acceptors (Lipinski definition) is 3. The molecule has 0 radical (unpaired) electrons. The first-order valence-electron chi connectivity index (χ1n) is 5.87. The molecule has 0 heterocycles. The van der Waals surface area contributed by atoms with Crippen LogP contribution in [0.25, 0.3) is 0 Å². The van der Waals surface area contributed by atoms with E-state index in [9.17, 15) is 12.8 Å². The first kappa shape index (κ1) is 16.4. The molecule has 0 atom stereocenters. The van der Waals surface area contributed by atoms with Gasteiger partial charge < -0.3 is 4.74 Å². The van der Waals surface area contributed by atoms with Gasteiger partial charge in [-0.1, -0.05) is 28.1 Å². The Balaban J connectivity index is 2.75. The number of sulfone groups is 1. The zero-order chi connectivity index (χ0) is 14.7. The normalized spacial score (nSPS) is 12.5. The van der Waals surface area contributed by atoms with Crippen LogP contribution in [0.1, 0.15) is 26.3 Å². The summed E-state index contributed by atoms with van der Waals surface area (Å²) in [6, 6.07) is 4.61. The van der Waals surface area contributed by atoms with Gasteiger partial charge in [0.1, 0.15) is 6.61 Å². The Kier molecular flexibility index (Phi) is 5.38. The highest BCUT2D eigenvalue weighted by Crippen LogP contribution is 2.25. The highest BCUT2D eigenvalue weighted by molar-refractivity contribution is 9.08. The van der Waals surface area contributed by atoms with Crippen molar-refractivity contribution in [2.45, 2.75) is 30.8 Å². The molecule has 1 rings (SSSR count). The molecule has 0 aliphatic heterocycles. The largest absolute Gasteiger partial charge is 0.489 e. The van der Waals surface area contributed by atoms with Crippen molar-refractivity contribution in [3.05, 3.63) is 29.6 Å². The summed E-state index contributed by atoms with van der Waals surface area (Å²) in [6.07, 6.45) is 0. The molecule has 0 aliphatic carbocycles. The van der Waals surface area contributed by atoms with E-state index in [2.05, 4.69) is 15.9 Å². The summed E-state index contributed by atoms with van der Waals surface area (Å²) in [6.45, 7) is 4.85. The number of halogens is 2. The third kappa shape index (κ3) is 4.18. The maximum Gasteiger partial charge on any atom is 0.165 e. The number of hydrogen-bond donors (Lipinski definition) is 0. The average Bonchev–Trinajstić information content (AvgIpc) is 2.29. The minimum Gasteiger partial charge on any atom is -0.489 e. The predicted octanol–water partition coefficient (Wildman–Crippen LogP) is 3.31. The molecule has 0 N–H and O–H groups in total. The van der Waals surface area contributed by atoms with Gasteiger partial charge in [0.05, 0.1) is 10.5 Å². The molecular formula is C13H18BrFO3S. The summed E-state index contributed by atoms with van der Waals surface area (Å²) >= 11 is 3.24. The summed E-state index contributed by atoms with van der Waals surface area (Å²) in [7, 11) is -3.26. The van der Waals surface area contributed by atoms with Crippen molar-refractivity contribution in [3.8, 4) is 5.75 Å². The lowest BCUT2D eigenvalue weighted by Crippen LogP contribution is -2.32. The predicted molar refractivity (Wildman–Crippen MR) is 78.1 cm³/mol. The van der Waals surface area contributed by atoms with Crippen molar-refractivity contribution in [1.82, 2.24) is 0 Å². The van der Waals surface area contributed by atoms with Gasteiger partial charge in [0.25, 0.3) is 0 Å². The van der Waals surface area contributed by atoms with E-state index in [4.69, 9.17) is 4.74 Å². The van der Waals surface area contributed by atoms with Crippen LogP contribution in [0.15, 0.2) is 18.2 Å². The van der Waals surface area contributed by atoms with Gasteiger partial charge in [-0.05, 0) is 26.8 Å². The van der Waals surface area contributed by atoms with E-state index in [0.717, 1.165) is 0 Å². The molecule has 0 saturated heterocycles. The molecule has 0 bridgehead atoms. The maximum absolute atomic E-state index is 13.6. The molecule has 6 heteroatoms. The van der Waals surface area contributed by atoms with Crippen LogP contribution in [0, 0.1) is 5.82 Å². The monoisotopic (exact) mass is 352 g/mol. The van der Waals surface area contributed by atoms with Crippen molar-refractivity contribution in [2.24, 2.45) is 0 Å². The summed E-state index contributed by atoms with van der Waals surface area (Å²) in [5.74, 6) is -0.499. The first-order chi connectivity index (χ1) is 8.69. The van der Waals surface area contributed by atoms with Crippen molar-refractivity contribution in [1.29, 1.82) is 0 Å². The molecule has 0 unspecified atom stereocenters. The molecule has 0 saturated carbocycles. The van der Waals surface area contributed by atoms with Gasteiger partial charge >= 0.3 is 0 Å². The minimum atomic E-state index is -3.26. The van der Waals surface area contributed by atoms with E-state index in [0.29, 0.717) is 10.9 Å². The third-order valence-electron chi connectivity index (χ3n) is 2.72. The van der Waals surface area contributed by atoms with Gasteiger partial charge in [-0.25, -0.2) is 12.8 Å². The highest BCUT2D eigenvalue weighted by Gasteiger charge is 2.28. The quantitative estimate of drug-likeness (QED) is 0.763. The Labute approximate surface area is 122 Å². The van der Waals surface area contributed by atoms with Gasteiger partial charge in [0.2, 0.25) is 0 Å². The van der Waals surface area contributed by atoms with Crippen LogP contribution in [-0.4, -0.2) is 25.5 Å². The van der Waals surface area contributed by atoms with Gasteiger partial charge in [-0.15, -0.1) is 0 Å². The smallest absolute Gasteiger partial charge is 0.165 e. The summed E-state index contributed by atoms with van der Waals surface area (Å²) in [4.78, 5) is 0. The summed E-state index contributed by atoms with van der Waals surface area (Å²) in [5.41, 5.74) is 0.660. The number of alkyl halides is 1. The number of rotatable bonds is 5. The molecule has 0 fully saturated rings. The molecular weight excluding hydrogens is 335 g/mol. The standard InChI is InChI=1S/C13H18BrFO3S/c1-13(2,3)19(16,17)8-7-18-12-10(9-14)5-4-6-11(12)15/h4-6H,7-9H2,1-3H3. The number of para-hydroxylation sites is 1. The van der Waals surface area contributed by atoms with Crippen LogP contribution in [0.3, 0.4) is 0 Å². The zero-order valence-corrected chi connectivity index (χ0v) is 13.6. The fraction of sp³-hybridized carbons (Fsp3) is 0.538. The van der Waals surface area contributed by atoms with Crippen LogP contribution in [0.2, 0.25) is 0 Å². The van der Waals surface area contributed by atoms with Crippen molar-refractivity contribution in [2.75, 3.05) is 12.4 Å². The van der Waals surface area contributed by atoms with Crippen molar-refractivity contribution in [3.63, 3.8) is 0 Å². The van der Waals surface area contributed by atoms with Gasteiger partial charge in [-0.3, -0.25) is 0 Å². The van der Waals surface area contributed by atoms with E-state index in [1.807, 2.05) is 0 Å². The molecule has 0 aromatic heterocycles. The van der Waals surface area contributed by atoms with Crippen LogP contribution in [0.5, 0.6) is 5.75 Å². The van der Waals surface area contributed by atoms with Crippen molar-refractivity contribution >= 4 is 25.8 Å². The summed E-state index contributed by atoms with van der Waals surface area (Å²) < 4.78 is 41.9. The van der Waals surface area contributed by atoms with Crippen LogP contribution in [0.4, 0.5) is 4.39 Å². The molecule has 108 valence electrons. The zero-order valence-electron chi connectivity index (χ0n) is 11.2. The molecule has 3 nitrogen and oxygen atoms in total. The second-order valence-corrected chi connectivity index (χ2v) is 8.56. The molecule has 1 aromatic carbocycles. The van der Waals surface area contributed by atoms with E-state index in [-0.39, 0.29) is 18.1 Å². The third-order valence-corrected chi connectivity index (χ3v) is 5.90. The van der Waals surface area contributed by atoms with E-state index < -0.39 is 20.4 Å². The van der Waals surface area contributed by atoms with Crippen LogP contribution < -0.4 is 4.74 Å². The molecule has 0 amide bonds. The average molecular weight is 353 g/mol. The topological polar surface area (TPSA) is 43.4 Å². The number of benzene rings is 1. The Hall–Kier alpha value is -0.620. The molecule has 0 aliphatic rings. The van der Waals surface area contributed by atoms with E-state index >= 15 is 0 Å². The van der Waals surface area contributed by atoms with Gasteiger partial charge in [0.15, 0.2) is 21.4 Å². The van der Waals surface area contributed by atoms with E-state index in [1.54, 1.807) is 32.9 Å². The first-order valence-corrected chi connectivity index (χ1v) is 8.65. The Morgan fingerprint density at radius 1 is 1.32 bits per heavy atom. The lowest BCUT2D eigenvalue weighted by molar-refractivity contribution is 0.319. The Bertz CT molecular complexity index is 535. The number of ether oxygens (including phenoxy) is 1. The molecule has 1 aromatic rings.